The predicted octanol–water partition coefficient (Wildman–Crippen LogP) is 1.39. The number of methoxy groups -OCH3 is 1. The van der Waals surface area contributed by atoms with Gasteiger partial charge in [-0.2, -0.15) is 0 Å². The van der Waals surface area contributed by atoms with Gasteiger partial charge in [-0.05, 0) is 12.8 Å². The number of hydrogen-bond donors (Lipinski definition) is 0. The van der Waals surface area contributed by atoms with E-state index in [0.29, 0.717) is 18.3 Å². The van der Waals surface area contributed by atoms with Crippen molar-refractivity contribution in [3.63, 3.8) is 0 Å². The summed E-state index contributed by atoms with van der Waals surface area (Å²) < 4.78 is 10.5. The van der Waals surface area contributed by atoms with Crippen LogP contribution in [0, 0.1) is 0 Å². The molecule has 1 aliphatic rings. The van der Waals surface area contributed by atoms with Crippen molar-refractivity contribution in [2.75, 3.05) is 31.8 Å². The van der Waals surface area contributed by atoms with Crippen LogP contribution in [-0.4, -0.2) is 43.0 Å². The van der Waals surface area contributed by atoms with E-state index in [-0.39, 0.29) is 12.0 Å². The van der Waals surface area contributed by atoms with Crippen molar-refractivity contribution < 1.29 is 14.3 Å². The summed E-state index contributed by atoms with van der Waals surface area (Å²) in [6.45, 7) is 3.27. The van der Waals surface area contributed by atoms with Gasteiger partial charge in [-0.15, -0.1) is 10.2 Å². The number of carbonyl (C=O) groups is 1. The summed E-state index contributed by atoms with van der Waals surface area (Å²) in [5.74, 6) is -0.0536. The second-order valence-corrected chi connectivity index (χ2v) is 5.08. The van der Waals surface area contributed by atoms with Crippen molar-refractivity contribution in [1.82, 2.24) is 10.2 Å². The molecule has 1 atom stereocenters. The van der Waals surface area contributed by atoms with Crippen LogP contribution in [0.5, 0.6) is 0 Å². The molecule has 6 nitrogen and oxygen atoms in total. The van der Waals surface area contributed by atoms with Crippen molar-refractivity contribution in [1.29, 1.82) is 0 Å². The molecule has 1 aromatic heterocycles. The molecule has 0 N–H and O–H groups in total. The van der Waals surface area contributed by atoms with Gasteiger partial charge in [-0.25, -0.2) is 0 Å². The average Bonchev–Trinajstić information content (AvgIpc) is 2.99. The molecule has 0 spiro atoms. The van der Waals surface area contributed by atoms with E-state index < -0.39 is 0 Å². The lowest BCUT2D eigenvalue weighted by Gasteiger charge is -2.16. The zero-order chi connectivity index (χ0) is 13.0. The van der Waals surface area contributed by atoms with E-state index in [1.807, 2.05) is 0 Å². The van der Waals surface area contributed by atoms with Crippen molar-refractivity contribution in [3.8, 4) is 0 Å². The maximum atomic E-state index is 11.6. The van der Waals surface area contributed by atoms with E-state index in [1.54, 1.807) is 12.0 Å². The van der Waals surface area contributed by atoms with Crippen LogP contribution in [0.1, 0.15) is 30.9 Å². The molecule has 1 amide bonds. The van der Waals surface area contributed by atoms with E-state index >= 15 is 0 Å². The fraction of sp³-hybridized carbons (Fsp3) is 0.727. The Morgan fingerprint density at radius 2 is 2.44 bits per heavy atom. The molecule has 0 aromatic carbocycles. The Kier molecular flexibility index (Phi) is 4.62. The van der Waals surface area contributed by atoms with Gasteiger partial charge >= 0.3 is 0 Å². The minimum atomic E-state index is -0.0536. The number of aromatic nitrogens is 2. The molecule has 0 radical (unpaired) electrons. The summed E-state index contributed by atoms with van der Waals surface area (Å²) in [4.78, 5) is 13.1. The quantitative estimate of drug-likeness (QED) is 0.809. The lowest BCUT2D eigenvalue weighted by atomic mass is 10.2. The van der Waals surface area contributed by atoms with Gasteiger partial charge in [0, 0.05) is 20.6 Å². The fourth-order valence-corrected chi connectivity index (χ4v) is 2.81. The summed E-state index contributed by atoms with van der Waals surface area (Å²) in [5, 5.41) is 9.66. The largest absolute Gasteiger partial charge is 0.383 e. The zero-order valence-corrected chi connectivity index (χ0v) is 11.4. The van der Waals surface area contributed by atoms with Gasteiger partial charge in [-0.1, -0.05) is 11.3 Å². The van der Waals surface area contributed by atoms with Crippen molar-refractivity contribution in [3.05, 3.63) is 5.01 Å². The SMILES string of the molecule is COCCN(C(C)=O)c1nnc(C2CCCO2)s1. The Morgan fingerprint density at radius 3 is 3.06 bits per heavy atom. The fourth-order valence-electron chi connectivity index (χ4n) is 1.81. The molecule has 7 heteroatoms. The van der Waals surface area contributed by atoms with Crippen LogP contribution in [0.15, 0.2) is 0 Å². The smallest absolute Gasteiger partial charge is 0.225 e. The lowest BCUT2D eigenvalue weighted by Crippen LogP contribution is -2.31. The Balaban J connectivity index is 2.08. The molecule has 1 unspecified atom stereocenters. The molecule has 0 aliphatic carbocycles. The first-order valence-corrected chi connectivity index (χ1v) is 6.76. The van der Waals surface area contributed by atoms with Crippen molar-refractivity contribution in [2.24, 2.45) is 0 Å². The maximum Gasteiger partial charge on any atom is 0.225 e. The third-order valence-electron chi connectivity index (χ3n) is 2.77. The van der Waals surface area contributed by atoms with Crippen LogP contribution >= 0.6 is 11.3 Å². The molecule has 2 rings (SSSR count). The highest BCUT2D eigenvalue weighted by atomic mass is 32.1. The number of nitrogens with zero attached hydrogens (tertiary/aromatic N) is 3. The maximum absolute atomic E-state index is 11.6. The Hall–Kier alpha value is -1.05. The topological polar surface area (TPSA) is 64.5 Å². The number of anilines is 1. The molecule has 100 valence electrons. The van der Waals surface area contributed by atoms with Gasteiger partial charge < -0.3 is 9.47 Å². The Bertz CT molecular complexity index is 404. The highest BCUT2D eigenvalue weighted by Gasteiger charge is 2.24. The van der Waals surface area contributed by atoms with Crippen LogP contribution in [-0.2, 0) is 14.3 Å². The molecule has 1 saturated heterocycles. The van der Waals surface area contributed by atoms with Crippen LogP contribution in [0.2, 0.25) is 0 Å². The first kappa shape index (κ1) is 13.4. The van der Waals surface area contributed by atoms with E-state index in [1.165, 1.54) is 18.3 Å². The van der Waals surface area contributed by atoms with Crippen LogP contribution in [0.4, 0.5) is 5.13 Å². The number of rotatable bonds is 5. The molecule has 2 heterocycles. The van der Waals surface area contributed by atoms with E-state index in [9.17, 15) is 4.79 Å². The number of carbonyl (C=O) groups excluding carboxylic acids is 1. The molecule has 1 aliphatic heterocycles. The number of ether oxygens (including phenoxy) is 2. The molecular weight excluding hydrogens is 254 g/mol. The molecule has 1 aromatic rings. The van der Waals surface area contributed by atoms with Gasteiger partial charge in [-0.3, -0.25) is 9.69 Å². The van der Waals surface area contributed by atoms with Gasteiger partial charge in [0.15, 0.2) is 0 Å². The summed E-state index contributed by atoms with van der Waals surface area (Å²) >= 11 is 1.42. The summed E-state index contributed by atoms with van der Waals surface area (Å²) in [6, 6.07) is 0. The van der Waals surface area contributed by atoms with Gasteiger partial charge in [0.05, 0.1) is 13.2 Å². The standard InChI is InChI=1S/C11H17N3O3S/c1-8(15)14(5-7-16-2)11-13-12-10(18-11)9-4-3-6-17-9/h9H,3-7H2,1-2H3. The molecule has 1 fully saturated rings. The lowest BCUT2D eigenvalue weighted by molar-refractivity contribution is -0.116. The summed E-state index contributed by atoms with van der Waals surface area (Å²) in [5.41, 5.74) is 0. The summed E-state index contributed by atoms with van der Waals surface area (Å²) in [7, 11) is 1.61. The van der Waals surface area contributed by atoms with Crippen LogP contribution < -0.4 is 4.90 Å². The van der Waals surface area contributed by atoms with Gasteiger partial charge in [0.2, 0.25) is 11.0 Å². The first-order chi connectivity index (χ1) is 8.72. The molecule has 0 saturated carbocycles. The van der Waals surface area contributed by atoms with Crippen LogP contribution in [0.3, 0.4) is 0 Å². The number of amides is 1. The Morgan fingerprint density at radius 1 is 1.61 bits per heavy atom. The van der Waals surface area contributed by atoms with Crippen LogP contribution in [0.25, 0.3) is 0 Å². The number of hydrogen-bond acceptors (Lipinski definition) is 6. The van der Waals surface area contributed by atoms with E-state index in [4.69, 9.17) is 9.47 Å². The van der Waals surface area contributed by atoms with Crippen molar-refractivity contribution >= 4 is 22.4 Å². The van der Waals surface area contributed by atoms with E-state index in [0.717, 1.165) is 24.5 Å². The minimum Gasteiger partial charge on any atom is -0.383 e. The molecule has 0 bridgehead atoms. The van der Waals surface area contributed by atoms with Crippen molar-refractivity contribution in [2.45, 2.75) is 25.9 Å². The second kappa shape index (κ2) is 6.21. The zero-order valence-electron chi connectivity index (χ0n) is 10.6. The Labute approximate surface area is 110 Å². The summed E-state index contributed by atoms with van der Waals surface area (Å²) in [6.07, 6.45) is 2.08. The van der Waals surface area contributed by atoms with Gasteiger partial charge in [0.25, 0.3) is 0 Å². The molecule has 18 heavy (non-hydrogen) atoms. The first-order valence-electron chi connectivity index (χ1n) is 5.94. The molecular formula is C11H17N3O3S. The third-order valence-corrected chi connectivity index (χ3v) is 3.80. The van der Waals surface area contributed by atoms with E-state index in [2.05, 4.69) is 10.2 Å². The minimum absolute atomic E-state index is 0.0486. The van der Waals surface area contributed by atoms with Gasteiger partial charge in [0.1, 0.15) is 11.1 Å². The average molecular weight is 271 g/mol. The monoisotopic (exact) mass is 271 g/mol. The normalized spacial score (nSPS) is 19.1. The predicted molar refractivity (Wildman–Crippen MR) is 67.7 cm³/mol. The second-order valence-electron chi connectivity index (χ2n) is 4.09. The highest BCUT2D eigenvalue weighted by Crippen LogP contribution is 2.33. The third kappa shape index (κ3) is 3.04. The highest BCUT2D eigenvalue weighted by molar-refractivity contribution is 7.15.